The minimum atomic E-state index is -0.273. The third-order valence-electron chi connectivity index (χ3n) is 2.81. The molecule has 3 rings (SSSR count). The molecule has 0 aliphatic rings. The van der Waals surface area contributed by atoms with Crippen molar-refractivity contribution in [2.75, 3.05) is 12.4 Å². The molecule has 21 heavy (non-hydrogen) atoms. The summed E-state index contributed by atoms with van der Waals surface area (Å²) in [6.45, 7) is 0. The van der Waals surface area contributed by atoms with E-state index in [-0.39, 0.29) is 5.91 Å². The number of hydrogen-bond acceptors (Lipinski definition) is 5. The van der Waals surface area contributed by atoms with Gasteiger partial charge >= 0.3 is 0 Å². The van der Waals surface area contributed by atoms with Gasteiger partial charge in [-0.1, -0.05) is 22.9 Å². The summed E-state index contributed by atoms with van der Waals surface area (Å²) < 4.78 is 6.11. The lowest BCUT2D eigenvalue weighted by molar-refractivity contribution is 0.102. The van der Waals surface area contributed by atoms with Crippen LogP contribution in [0.3, 0.4) is 0 Å². The Hall–Kier alpha value is -2.18. The number of nitrogens with zero attached hydrogens (tertiary/aromatic N) is 2. The summed E-state index contributed by atoms with van der Waals surface area (Å²) >= 11 is 7.08. The van der Waals surface area contributed by atoms with Crippen LogP contribution in [0.15, 0.2) is 36.5 Å². The van der Waals surface area contributed by atoms with E-state index < -0.39 is 0 Å². The van der Waals surface area contributed by atoms with Gasteiger partial charge in [-0.3, -0.25) is 10.1 Å². The molecule has 7 heteroatoms. The second-order valence-corrected chi connectivity index (χ2v) is 5.59. The summed E-state index contributed by atoms with van der Waals surface area (Å²) in [4.78, 5) is 20.3. The minimum Gasteiger partial charge on any atom is -0.497 e. The van der Waals surface area contributed by atoms with Crippen LogP contribution in [0.25, 0.3) is 10.2 Å². The number of ether oxygens (including phenoxy) is 1. The molecule has 3 aromatic rings. The number of thiazole rings is 1. The first-order chi connectivity index (χ1) is 10.2. The molecule has 1 amide bonds. The maximum Gasteiger partial charge on any atom is 0.259 e. The van der Waals surface area contributed by atoms with Gasteiger partial charge in [0.2, 0.25) is 0 Å². The number of hydrogen-bond donors (Lipinski definition) is 1. The molecule has 0 aliphatic heterocycles. The number of rotatable bonds is 3. The summed E-state index contributed by atoms with van der Waals surface area (Å²) in [5, 5.41) is 3.62. The molecule has 1 N–H and O–H groups in total. The molecule has 0 unspecified atom stereocenters. The van der Waals surface area contributed by atoms with Gasteiger partial charge in [0.05, 0.1) is 22.9 Å². The number of nitrogens with one attached hydrogen (secondary N) is 1. The van der Waals surface area contributed by atoms with Gasteiger partial charge < -0.3 is 4.74 Å². The lowest BCUT2D eigenvalue weighted by atomic mass is 10.3. The van der Waals surface area contributed by atoms with Crippen molar-refractivity contribution in [2.24, 2.45) is 0 Å². The van der Waals surface area contributed by atoms with Crippen LogP contribution in [0, 0.1) is 0 Å². The van der Waals surface area contributed by atoms with E-state index in [4.69, 9.17) is 16.3 Å². The van der Waals surface area contributed by atoms with Crippen molar-refractivity contribution in [3.05, 3.63) is 47.2 Å². The zero-order chi connectivity index (χ0) is 14.8. The first-order valence-electron chi connectivity index (χ1n) is 6.03. The minimum absolute atomic E-state index is 0.273. The lowest BCUT2D eigenvalue weighted by Crippen LogP contribution is -2.11. The maximum atomic E-state index is 12.1. The number of amides is 1. The van der Waals surface area contributed by atoms with E-state index >= 15 is 0 Å². The van der Waals surface area contributed by atoms with E-state index in [0.717, 1.165) is 16.0 Å². The number of aromatic nitrogens is 2. The standard InChI is InChI=1S/C14H10ClN3O2S/c1-20-9-3-4-10-11(6-9)21-14(17-10)18-13(19)8-2-5-12(15)16-7-8/h2-7H,1H3,(H,17,18,19). The summed E-state index contributed by atoms with van der Waals surface area (Å²) in [6.07, 6.45) is 1.42. The molecular weight excluding hydrogens is 310 g/mol. The molecule has 0 spiro atoms. The Balaban J connectivity index is 1.84. The largest absolute Gasteiger partial charge is 0.497 e. The van der Waals surface area contributed by atoms with Crippen LogP contribution < -0.4 is 10.1 Å². The van der Waals surface area contributed by atoms with Crippen molar-refractivity contribution < 1.29 is 9.53 Å². The Morgan fingerprint density at radius 3 is 2.90 bits per heavy atom. The number of carbonyl (C=O) groups is 1. The molecule has 0 bridgehead atoms. The highest BCUT2D eigenvalue weighted by Gasteiger charge is 2.10. The fourth-order valence-electron chi connectivity index (χ4n) is 1.76. The molecule has 106 valence electrons. The molecule has 5 nitrogen and oxygen atoms in total. The highest BCUT2D eigenvalue weighted by atomic mass is 35.5. The van der Waals surface area contributed by atoms with Crippen molar-refractivity contribution in [1.29, 1.82) is 0 Å². The van der Waals surface area contributed by atoms with Crippen LogP contribution in [0.4, 0.5) is 5.13 Å². The second-order valence-electron chi connectivity index (χ2n) is 4.18. The van der Waals surface area contributed by atoms with Gasteiger partial charge in [0.25, 0.3) is 5.91 Å². The first-order valence-corrected chi connectivity index (χ1v) is 7.22. The molecular formula is C14H10ClN3O2S. The number of carbonyl (C=O) groups excluding carboxylic acids is 1. The lowest BCUT2D eigenvalue weighted by Gasteiger charge is -2.00. The summed E-state index contributed by atoms with van der Waals surface area (Å²) in [5.41, 5.74) is 1.24. The van der Waals surface area contributed by atoms with E-state index in [1.165, 1.54) is 17.5 Å². The number of pyridine rings is 1. The predicted octanol–water partition coefficient (Wildman–Crippen LogP) is 3.61. The van der Waals surface area contributed by atoms with Crippen LogP contribution in [0.2, 0.25) is 5.15 Å². The van der Waals surface area contributed by atoms with E-state index in [9.17, 15) is 4.79 Å². The number of benzene rings is 1. The molecule has 0 saturated heterocycles. The number of anilines is 1. The first kappa shape index (κ1) is 13.8. The molecule has 0 fully saturated rings. The topological polar surface area (TPSA) is 64.1 Å². The van der Waals surface area contributed by atoms with Crippen LogP contribution in [0.5, 0.6) is 5.75 Å². The van der Waals surface area contributed by atoms with E-state index in [1.54, 1.807) is 19.2 Å². The van der Waals surface area contributed by atoms with Gasteiger partial charge in [-0.25, -0.2) is 9.97 Å². The molecule has 0 radical (unpaired) electrons. The van der Waals surface area contributed by atoms with Crippen molar-refractivity contribution in [3.8, 4) is 5.75 Å². The van der Waals surface area contributed by atoms with Crippen molar-refractivity contribution in [1.82, 2.24) is 9.97 Å². The highest BCUT2D eigenvalue weighted by Crippen LogP contribution is 2.29. The zero-order valence-corrected chi connectivity index (χ0v) is 12.5. The second kappa shape index (κ2) is 5.67. The number of halogens is 1. The molecule has 2 aromatic heterocycles. The molecule has 0 aliphatic carbocycles. The van der Waals surface area contributed by atoms with Gasteiger partial charge in [0, 0.05) is 6.20 Å². The predicted molar refractivity (Wildman–Crippen MR) is 83.4 cm³/mol. The fourth-order valence-corrected chi connectivity index (χ4v) is 2.77. The van der Waals surface area contributed by atoms with Crippen LogP contribution >= 0.6 is 22.9 Å². The third kappa shape index (κ3) is 2.96. The van der Waals surface area contributed by atoms with Crippen LogP contribution in [-0.2, 0) is 0 Å². The van der Waals surface area contributed by atoms with Crippen molar-refractivity contribution in [2.45, 2.75) is 0 Å². The Kier molecular flexibility index (Phi) is 3.72. The Bertz CT molecular complexity index is 802. The van der Waals surface area contributed by atoms with E-state index in [2.05, 4.69) is 15.3 Å². The summed E-state index contributed by atoms with van der Waals surface area (Å²) in [5.74, 6) is 0.483. The van der Waals surface area contributed by atoms with Gasteiger partial charge in [-0.2, -0.15) is 0 Å². The highest BCUT2D eigenvalue weighted by molar-refractivity contribution is 7.22. The summed E-state index contributed by atoms with van der Waals surface area (Å²) in [7, 11) is 1.61. The van der Waals surface area contributed by atoms with E-state index in [1.807, 2.05) is 18.2 Å². The van der Waals surface area contributed by atoms with Crippen molar-refractivity contribution >= 4 is 44.2 Å². The molecule has 1 aromatic carbocycles. The smallest absolute Gasteiger partial charge is 0.259 e. The van der Waals surface area contributed by atoms with Crippen molar-refractivity contribution in [3.63, 3.8) is 0 Å². The van der Waals surface area contributed by atoms with Crippen LogP contribution in [-0.4, -0.2) is 23.0 Å². The maximum absolute atomic E-state index is 12.1. The molecule has 2 heterocycles. The summed E-state index contributed by atoms with van der Waals surface area (Å²) in [6, 6.07) is 8.74. The fraction of sp³-hybridized carbons (Fsp3) is 0.0714. The monoisotopic (exact) mass is 319 g/mol. The third-order valence-corrected chi connectivity index (χ3v) is 3.96. The Labute approximate surface area is 129 Å². The van der Waals surface area contributed by atoms with Gasteiger partial charge in [0.1, 0.15) is 10.9 Å². The molecule has 0 atom stereocenters. The van der Waals surface area contributed by atoms with E-state index in [0.29, 0.717) is 15.8 Å². The SMILES string of the molecule is COc1ccc2nc(NC(=O)c3ccc(Cl)nc3)sc2c1. The van der Waals surface area contributed by atoms with Gasteiger partial charge in [0.15, 0.2) is 5.13 Å². The quantitative estimate of drug-likeness (QED) is 0.749. The number of fused-ring (bicyclic) bond motifs is 1. The average molecular weight is 320 g/mol. The van der Waals surface area contributed by atoms with Crippen LogP contribution in [0.1, 0.15) is 10.4 Å². The van der Waals surface area contributed by atoms with Gasteiger partial charge in [-0.05, 0) is 30.3 Å². The van der Waals surface area contributed by atoms with Gasteiger partial charge in [-0.15, -0.1) is 0 Å². The Morgan fingerprint density at radius 1 is 1.33 bits per heavy atom. The zero-order valence-electron chi connectivity index (χ0n) is 11.0. The Morgan fingerprint density at radius 2 is 2.19 bits per heavy atom. The normalized spacial score (nSPS) is 10.6. The average Bonchev–Trinajstić information content (AvgIpc) is 2.88. The number of methoxy groups -OCH3 is 1. The molecule has 0 saturated carbocycles.